The highest BCUT2D eigenvalue weighted by Crippen LogP contribution is 2.24. The van der Waals surface area contributed by atoms with Gasteiger partial charge in [-0.15, -0.1) is 0 Å². The first-order chi connectivity index (χ1) is 13.5. The highest BCUT2D eigenvalue weighted by molar-refractivity contribution is 8.13. The smallest absolute Gasteiger partial charge is 0.285 e. The zero-order chi connectivity index (χ0) is 20.1. The fraction of sp³-hybridized carbons (Fsp3) is 0.150. The van der Waals surface area contributed by atoms with E-state index in [4.69, 9.17) is 0 Å². The lowest BCUT2D eigenvalue weighted by Crippen LogP contribution is -2.17. The molecule has 6 nitrogen and oxygen atoms in total. The number of nitrogens with zero attached hydrogens (tertiary/aromatic N) is 3. The third kappa shape index (κ3) is 4.58. The number of para-hydroxylation sites is 1. The largest absolute Gasteiger partial charge is 0.339 e. The summed E-state index contributed by atoms with van der Waals surface area (Å²) in [6.07, 6.45) is 3.50. The number of aromatic nitrogens is 2. The summed E-state index contributed by atoms with van der Waals surface area (Å²) in [5.74, 6) is -0.249. The van der Waals surface area contributed by atoms with Crippen LogP contribution in [0.25, 0.3) is 5.69 Å². The molecule has 0 fully saturated rings. The molecule has 3 rings (SSSR count). The first-order valence-corrected chi connectivity index (χ1v) is 10.5. The minimum atomic E-state index is -0.249. The Morgan fingerprint density at radius 3 is 2.32 bits per heavy atom. The van der Waals surface area contributed by atoms with Crippen LogP contribution < -0.4 is 5.32 Å². The van der Waals surface area contributed by atoms with Crippen LogP contribution in [0.2, 0.25) is 0 Å². The highest BCUT2D eigenvalue weighted by atomic mass is 32.2. The molecule has 0 aliphatic heterocycles. The van der Waals surface area contributed by atoms with E-state index >= 15 is 0 Å². The number of rotatable bonds is 5. The van der Waals surface area contributed by atoms with Crippen LogP contribution in [-0.2, 0) is 0 Å². The number of carbonyl (C=O) groups is 2. The number of nitrogens with one attached hydrogen (secondary N) is 1. The first-order valence-electron chi connectivity index (χ1n) is 8.47. The average Bonchev–Trinajstić information content (AvgIpc) is 3.14. The minimum absolute atomic E-state index is 0.0480. The maximum Gasteiger partial charge on any atom is 0.285 e. The van der Waals surface area contributed by atoms with Crippen LogP contribution in [0.1, 0.15) is 10.5 Å². The molecule has 2 aromatic carbocycles. The second kappa shape index (κ2) is 8.99. The Balaban J connectivity index is 1.79. The van der Waals surface area contributed by atoms with Crippen molar-refractivity contribution in [2.75, 3.05) is 25.7 Å². The number of hydrogen-bond acceptors (Lipinski definition) is 5. The van der Waals surface area contributed by atoms with E-state index in [0.29, 0.717) is 11.4 Å². The van der Waals surface area contributed by atoms with Crippen molar-refractivity contribution in [3.63, 3.8) is 0 Å². The van der Waals surface area contributed by atoms with Crippen molar-refractivity contribution in [2.24, 2.45) is 0 Å². The quantitative estimate of drug-likeness (QED) is 0.620. The molecule has 28 heavy (non-hydrogen) atoms. The number of hydrogen-bond donors (Lipinski definition) is 1. The number of imidazole rings is 1. The van der Waals surface area contributed by atoms with Crippen molar-refractivity contribution in [3.05, 3.63) is 66.5 Å². The van der Waals surface area contributed by atoms with Gasteiger partial charge in [0.05, 0.1) is 6.20 Å². The Hall–Kier alpha value is -2.71. The molecule has 0 radical (unpaired) electrons. The van der Waals surface area contributed by atoms with E-state index in [0.717, 1.165) is 27.5 Å². The van der Waals surface area contributed by atoms with Gasteiger partial charge in [-0.25, -0.2) is 4.98 Å². The molecule has 0 aliphatic rings. The van der Waals surface area contributed by atoms with Gasteiger partial charge in [0.15, 0.2) is 5.16 Å². The molecule has 0 spiro atoms. The molecule has 0 aliphatic carbocycles. The van der Waals surface area contributed by atoms with Crippen molar-refractivity contribution in [3.8, 4) is 5.69 Å². The third-order valence-electron chi connectivity index (χ3n) is 3.84. The molecule has 1 heterocycles. The SMILES string of the molecule is CSc1ncc(C(=O)Nc2ccc(SC(=O)N(C)C)cc2)n1-c1ccccc1. The lowest BCUT2D eigenvalue weighted by atomic mass is 10.3. The minimum Gasteiger partial charge on any atom is -0.339 e. The summed E-state index contributed by atoms with van der Waals surface area (Å²) in [6, 6.07) is 16.8. The molecule has 2 amide bonds. The molecule has 144 valence electrons. The Morgan fingerprint density at radius 1 is 1.04 bits per heavy atom. The van der Waals surface area contributed by atoms with Gasteiger partial charge in [0, 0.05) is 30.4 Å². The van der Waals surface area contributed by atoms with Gasteiger partial charge in [-0.2, -0.15) is 0 Å². The van der Waals surface area contributed by atoms with Crippen molar-refractivity contribution < 1.29 is 9.59 Å². The molecular weight excluding hydrogens is 392 g/mol. The summed E-state index contributed by atoms with van der Waals surface area (Å²) in [4.78, 5) is 31.3. The van der Waals surface area contributed by atoms with E-state index in [1.807, 2.05) is 53.3 Å². The third-order valence-corrected chi connectivity index (χ3v) is 5.54. The number of benzene rings is 2. The average molecular weight is 413 g/mol. The van der Waals surface area contributed by atoms with Crippen LogP contribution in [0.4, 0.5) is 10.5 Å². The van der Waals surface area contributed by atoms with Gasteiger partial charge < -0.3 is 10.2 Å². The molecule has 1 N–H and O–H groups in total. The predicted molar refractivity (Wildman–Crippen MR) is 115 cm³/mol. The zero-order valence-corrected chi connectivity index (χ0v) is 17.4. The van der Waals surface area contributed by atoms with Gasteiger partial charge in [0.2, 0.25) is 0 Å². The van der Waals surface area contributed by atoms with E-state index in [1.54, 1.807) is 32.4 Å². The molecule has 1 aromatic heterocycles. The van der Waals surface area contributed by atoms with Crippen LogP contribution in [0.5, 0.6) is 0 Å². The summed E-state index contributed by atoms with van der Waals surface area (Å²) >= 11 is 2.62. The second-order valence-electron chi connectivity index (χ2n) is 6.04. The first kappa shape index (κ1) is 20.0. The molecule has 8 heteroatoms. The fourth-order valence-electron chi connectivity index (χ4n) is 2.46. The lowest BCUT2D eigenvalue weighted by molar-refractivity contribution is 0.102. The van der Waals surface area contributed by atoms with Crippen LogP contribution in [0.3, 0.4) is 0 Å². The molecule has 0 atom stereocenters. The van der Waals surface area contributed by atoms with Crippen LogP contribution in [0.15, 0.2) is 70.8 Å². The predicted octanol–water partition coefficient (Wildman–Crippen LogP) is 4.62. The summed E-state index contributed by atoms with van der Waals surface area (Å²) in [6.45, 7) is 0. The van der Waals surface area contributed by atoms with Gasteiger partial charge in [0.25, 0.3) is 11.1 Å². The standard InChI is InChI=1S/C20H20N4O2S2/c1-23(2)20(26)28-16-11-9-14(10-12-16)22-18(25)17-13-21-19(27-3)24(17)15-7-5-4-6-8-15/h4-13H,1-3H3,(H,22,25). The second-order valence-corrected chi connectivity index (χ2v) is 7.84. The molecule has 0 bridgehead atoms. The number of amides is 2. The topological polar surface area (TPSA) is 67.2 Å². The van der Waals surface area contributed by atoms with Crippen molar-refractivity contribution in [1.82, 2.24) is 14.5 Å². The van der Waals surface area contributed by atoms with Crippen LogP contribution in [-0.4, -0.2) is 45.9 Å². The number of thioether (sulfide) groups is 2. The summed E-state index contributed by atoms with van der Waals surface area (Å²) in [7, 11) is 3.42. The van der Waals surface area contributed by atoms with E-state index in [9.17, 15) is 9.59 Å². The monoisotopic (exact) mass is 412 g/mol. The molecule has 0 saturated heterocycles. The van der Waals surface area contributed by atoms with Gasteiger partial charge in [-0.3, -0.25) is 14.2 Å². The summed E-state index contributed by atoms with van der Waals surface area (Å²) < 4.78 is 1.83. The maximum absolute atomic E-state index is 12.8. The van der Waals surface area contributed by atoms with Gasteiger partial charge in [-0.05, 0) is 54.4 Å². The molecule has 3 aromatic rings. The van der Waals surface area contributed by atoms with E-state index in [-0.39, 0.29) is 11.1 Å². The summed E-state index contributed by atoms with van der Waals surface area (Å²) in [5.41, 5.74) is 1.98. The van der Waals surface area contributed by atoms with Gasteiger partial charge in [-0.1, -0.05) is 30.0 Å². The zero-order valence-electron chi connectivity index (χ0n) is 15.7. The van der Waals surface area contributed by atoms with Crippen LogP contribution >= 0.6 is 23.5 Å². The Morgan fingerprint density at radius 2 is 1.71 bits per heavy atom. The van der Waals surface area contributed by atoms with E-state index in [2.05, 4.69) is 10.3 Å². The van der Waals surface area contributed by atoms with Crippen molar-refractivity contribution in [2.45, 2.75) is 10.1 Å². The molecular formula is C20H20N4O2S2. The van der Waals surface area contributed by atoms with E-state index in [1.165, 1.54) is 16.7 Å². The van der Waals surface area contributed by atoms with Crippen molar-refractivity contribution in [1.29, 1.82) is 0 Å². The van der Waals surface area contributed by atoms with Crippen molar-refractivity contribution >= 4 is 40.4 Å². The fourth-order valence-corrected chi connectivity index (χ4v) is 3.66. The maximum atomic E-state index is 12.8. The normalized spacial score (nSPS) is 10.5. The molecule has 0 unspecified atom stereocenters. The Labute approximate surface area is 172 Å². The summed E-state index contributed by atoms with van der Waals surface area (Å²) in [5, 5.41) is 3.59. The Kier molecular flexibility index (Phi) is 6.43. The van der Waals surface area contributed by atoms with Gasteiger partial charge in [0.1, 0.15) is 5.69 Å². The lowest BCUT2D eigenvalue weighted by Gasteiger charge is -2.12. The number of anilines is 1. The van der Waals surface area contributed by atoms with Crippen LogP contribution in [0, 0.1) is 0 Å². The highest BCUT2D eigenvalue weighted by Gasteiger charge is 2.18. The molecule has 0 saturated carbocycles. The van der Waals surface area contributed by atoms with Gasteiger partial charge >= 0.3 is 0 Å². The number of carbonyl (C=O) groups excluding carboxylic acids is 2. The van der Waals surface area contributed by atoms with E-state index < -0.39 is 0 Å². The Bertz CT molecular complexity index is 970.